The van der Waals surface area contributed by atoms with Gasteiger partial charge in [0.2, 0.25) is 0 Å². The largest absolute Gasteiger partial charge is 0.491 e. The van der Waals surface area contributed by atoms with Gasteiger partial charge in [0, 0.05) is 19.3 Å². The maximum absolute atomic E-state index is 11.1. The van der Waals surface area contributed by atoms with Crippen LogP contribution in [-0.2, 0) is 4.79 Å². The molecule has 0 aliphatic rings. The summed E-state index contributed by atoms with van der Waals surface area (Å²) in [6.07, 6.45) is 0.148. The molecule has 0 bridgehead atoms. The molecular weight excluding hydrogens is 242 g/mol. The quantitative estimate of drug-likeness (QED) is 0.859. The van der Waals surface area contributed by atoms with Crippen LogP contribution in [0.15, 0.2) is 24.3 Å². The molecule has 1 rings (SSSR count). The summed E-state index contributed by atoms with van der Waals surface area (Å²) in [5.74, 6) is 0.0313. The zero-order valence-corrected chi connectivity index (χ0v) is 12.3. The van der Waals surface area contributed by atoms with E-state index in [1.54, 1.807) is 13.8 Å². The highest BCUT2D eigenvalue weighted by molar-refractivity contribution is 5.74. The Hall–Kier alpha value is -1.71. The third-order valence-corrected chi connectivity index (χ3v) is 2.86. The van der Waals surface area contributed by atoms with Crippen LogP contribution in [0.4, 0.5) is 5.69 Å². The first-order chi connectivity index (χ1) is 8.72. The number of hydrogen-bond acceptors (Lipinski definition) is 3. The minimum absolute atomic E-state index is 0.148. The van der Waals surface area contributed by atoms with Gasteiger partial charge in [0.15, 0.2) is 0 Å². The second-order valence-corrected chi connectivity index (χ2v) is 5.71. The molecule has 0 atom stereocenters. The second-order valence-electron chi connectivity index (χ2n) is 5.71. The highest BCUT2D eigenvalue weighted by Gasteiger charge is 2.28. The number of rotatable bonds is 6. The number of anilines is 1. The minimum atomic E-state index is -0.792. The summed E-state index contributed by atoms with van der Waals surface area (Å²) in [6, 6.07) is 7.69. The molecule has 1 aromatic rings. The predicted octanol–water partition coefficient (Wildman–Crippen LogP) is 3.02. The summed E-state index contributed by atoms with van der Waals surface area (Å²) >= 11 is 0. The molecular formula is C15H23NO3. The first-order valence-corrected chi connectivity index (χ1v) is 6.43. The zero-order chi connectivity index (χ0) is 14.6. The molecule has 0 fully saturated rings. The number of carboxylic acid groups (broad SMARTS) is 1. The van der Waals surface area contributed by atoms with E-state index in [4.69, 9.17) is 9.84 Å². The molecule has 0 aliphatic carbocycles. The standard InChI is InChI=1S/C15H23NO3/c1-11(2)19-13-8-6-12(7-9-13)16(5)10-15(3,4)14(17)18/h6-9,11H,10H2,1-5H3,(H,17,18). The van der Waals surface area contributed by atoms with Crippen molar-refractivity contribution in [2.24, 2.45) is 5.41 Å². The van der Waals surface area contributed by atoms with Gasteiger partial charge in [0.1, 0.15) is 5.75 Å². The maximum Gasteiger partial charge on any atom is 0.310 e. The lowest BCUT2D eigenvalue weighted by molar-refractivity contribution is -0.146. The van der Waals surface area contributed by atoms with Gasteiger partial charge in [-0.15, -0.1) is 0 Å². The number of carbonyl (C=O) groups is 1. The second kappa shape index (κ2) is 5.95. The Balaban J connectivity index is 2.73. The van der Waals surface area contributed by atoms with Crippen LogP contribution in [0.3, 0.4) is 0 Å². The molecule has 0 saturated carbocycles. The number of benzene rings is 1. The van der Waals surface area contributed by atoms with Crippen molar-refractivity contribution in [3.63, 3.8) is 0 Å². The van der Waals surface area contributed by atoms with E-state index in [0.29, 0.717) is 6.54 Å². The average Bonchev–Trinajstić information content (AvgIpc) is 2.28. The van der Waals surface area contributed by atoms with E-state index >= 15 is 0 Å². The van der Waals surface area contributed by atoms with Crippen molar-refractivity contribution in [2.75, 3.05) is 18.5 Å². The molecule has 0 saturated heterocycles. The number of hydrogen-bond donors (Lipinski definition) is 1. The summed E-state index contributed by atoms with van der Waals surface area (Å²) in [4.78, 5) is 13.1. The van der Waals surface area contributed by atoms with Gasteiger partial charge in [-0.2, -0.15) is 0 Å². The van der Waals surface area contributed by atoms with Crippen LogP contribution >= 0.6 is 0 Å². The summed E-state index contributed by atoms with van der Waals surface area (Å²) < 4.78 is 5.58. The molecule has 0 aromatic heterocycles. The lowest BCUT2D eigenvalue weighted by Gasteiger charge is -2.28. The van der Waals surface area contributed by atoms with E-state index in [1.165, 1.54) is 0 Å². The molecule has 0 radical (unpaired) electrons. The topological polar surface area (TPSA) is 49.8 Å². The Morgan fingerprint density at radius 1 is 1.32 bits per heavy atom. The minimum Gasteiger partial charge on any atom is -0.491 e. The predicted molar refractivity (Wildman–Crippen MR) is 76.9 cm³/mol. The fourth-order valence-electron chi connectivity index (χ4n) is 1.80. The number of carboxylic acids is 1. The van der Waals surface area contributed by atoms with Crippen LogP contribution in [0.25, 0.3) is 0 Å². The Labute approximate surface area is 115 Å². The highest BCUT2D eigenvalue weighted by atomic mass is 16.5. The highest BCUT2D eigenvalue weighted by Crippen LogP contribution is 2.23. The van der Waals surface area contributed by atoms with Crippen LogP contribution in [0.2, 0.25) is 0 Å². The van der Waals surface area contributed by atoms with Gasteiger partial charge in [0.05, 0.1) is 11.5 Å². The zero-order valence-electron chi connectivity index (χ0n) is 12.3. The molecule has 0 spiro atoms. The van der Waals surface area contributed by atoms with Crippen molar-refractivity contribution < 1.29 is 14.6 Å². The van der Waals surface area contributed by atoms with Crippen molar-refractivity contribution in [3.8, 4) is 5.75 Å². The van der Waals surface area contributed by atoms with E-state index in [0.717, 1.165) is 11.4 Å². The SMILES string of the molecule is CC(C)Oc1ccc(N(C)CC(C)(C)C(=O)O)cc1. The average molecular weight is 265 g/mol. The Bertz CT molecular complexity index is 424. The molecule has 0 unspecified atom stereocenters. The Kier molecular flexibility index (Phi) is 4.81. The lowest BCUT2D eigenvalue weighted by atomic mass is 9.93. The van der Waals surface area contributed by atoms with Crippen molar-refractivity contribution >= 4 is 11.7 Å². The van der Waals surface area contributed by atoms with Crippen molar-refractivity contribution in [1.29, 1.82) is 0 Å². The van der Waals surface area contributed by atoms with Crippen molar-refractivity contribution in [3.05, 3.63) is 24.3 Å². The molecule has 1 N–H and O–H groups in total. The van der Waals surface area contributed by atoms with Crippen LogP contribution in [0, 0.1) is 5.41 Å². The Morgan fingerprint density at radius 2 is 1.84 bits per heavy atom. The lowest BCUT2D eigenvalue weighted by Crippen LogP contribution is -2.37. The van der Waals surface area contributed by atoms with Gasteiger partial charge in [-0.25, -0.2) is 0 Å². The molecule has 106 valence electrons. The van der Waals surface area contributed by atoms with Gasteiger partial charge >= 0.3 is 5.97 Å². The fourth-order valence-corrected chi connectivity index (χ4v) is 1.80. The normalized spacial score (nSPS) is 11.5. The third kappa shape index (κ3) is 4.47. The van der Waals surface area contributed by atoms with E-state index in [-0.39, 0.29) is 6.10 Å². The van der Waals surface area contributed by atoms with E-state index in [1.807, 2.05) is 50.1 Å². The number of nitrogens with zero attached hydrogens (tertiary/aromatic N) is 1. The molecule has 19 heavy (non-hydrogen) atoms. The smallest absolute Gasteiger partial charge is 0.310 e. The molecule has 0 heterocycles. The summed E-state index contributed by atoms with van der Waals surface area (Å²) in [7, 11) is 1.89. The molecule has 0 amide bonds. The van der Waals surface area contributed by atoms with Gasteiger partial charge in [-0.3, -0.25) is 4.79 Å². The van der Waals surface area contributed by atoms with E-state index < -0.39 is 11.4 Å². The Morgan fingerprint density at radius 3 is 2.26 bits per heavy atom. The van der Waals surface area contributed by atoms with Crippen LogP contribution in [0.5, 0.6) is 5.75 Å². The van der Waals surface area contributed by atoms with Gasteiger partial charge < -0.3 is 14.7 Å². The van der Waals surface area contributed by atoms with Crippen LogP contribution in [0.1, 0.15) is 27.7 Å². The van der Waals surface area contributed by atoms with Crippen LogP contribution in [-0.4, -0.2) is 30.8 Å². The van der Waals surface area contributed by atoms with Crippen LogP contribution < -0.4 is 9.64 Å². The molecule has 0 aliphatic heterocycles. The monoisotopic (exact) mass is 265 g/mol. The number of ether oxygens (including phenoxy) is 1. The molecule has 4 heteroatoms. The molecule has 1 aromatic carbocycles. The first kappa shape index (κ1) is 15.3. The fraction of sp³-hybridized carbons (Fsp3) is 0.533. The van der Waals surface area contributed by atoms with Gasteiger partial charge in [-0.05, 0) is 52.0 Å². The van der Waals surface area contributed by atoms with Crippen molar-refractivity contribution in [1.82, 2.24) is 0 Å². The summed E-state index contributed by atoms with van der Waals surface area (Å²) in [5.41, 5.74) is 0.201. The summed E-state index contributed by atoms with van der Waals surface area (Å²) in [5, 5.41) is 9.13. The third-order valence-electron chi connectivity index (χ3n) is 2.86. The van der Waals surface area contributed by atoms with Gasteiger partial charge in [0.25, 0.3) is 0 Å². The number of aliphatic carboxylic acids is 1. The molecule has 4 nitrogen and oxygen atoms in total. The van der Waals surface area contributed by atoms with Crippen molar-refractivity contribution in [2.45, 2.75) is 33.8 Å². The van der Waals surface area contributed by atoms with Gasteiger partial charge in [-0.1, -0.05) is 0 Å². The van der Waals surface area contributed by atoms with E-state index in [9.17, 15) is 4.79 Å². The maximum atomic E-state index is 11.1. The summed E-state index contributed by atoms with van der Waals surface area (Å²) in [6.45, 7) is 7.86. The first-order valence-electron chi connectivity index (χ1n) is 6.43. The van der Waals surface area contributed by atoms with E-state index in [2.05, 4.69) is 0 Å².